The lowest BCUT2D eigenvalue weighted by molar-refractivity contribution is -0.122. The Labute approximate surface area is 53.0 Å². The Kier molecular flexibility index (Phi) is 1.63. The van der Waals surface area contributed by atoms with Gasteiger partial charge in [-0.15, -0.1) is 6.58 Å². The van der Waals surface area contributed by atoms with Crippen LogP contribution in [0.15, 0.2) is 17.6 Å². The standard InChI is InChI=1S/C6H6NO2/c1-2-3-5-6(8)7-4-9-5/h2,5H,1,3H2/q-1. The van der Waals surface area contributed by atoms with Crippen molar-refractivity contribution in [2.45, 2.75) is 12.5 Å². The maximum Gasteiger partial charge on any atom is 0.128 e. The Hall–Kier alpha value is -1.12. The summed E-state index contributed by atoms with van der Waals surface area (Å²) >= 11 is 0. The average molecular weight is 124 g/mol. The summed E-state index contributed by atoms with van der Waals surface area (Å²) in [5, 5.41) is 0. The molecule has 0 aromatic heterocycles. The number of hydrogen-bond acceptors (Lipinski definition) is 2. The highest BCUT2D eigenvalue weighted by molar-refractivity contribution is 5.91. The van der Waals surface area contributed by atoms with Crippen molar-refractivity contribution in [1.29, 1.82) is 0 Å². The lowest BCUT2D eigenvalue weighted by Gasteiger charge is -2.09. The van der Waals surface area contributed by atoms with E-state index in [2.05, 4.69) is 22.7 Å². The van der Waals surface area contributed by atoms with Gasteiger partial charge in [0.05, 0.1) is 6.10 Å². The van der Waals surface area contributed by atoms with Gasteiger partial charge in [-0.2, -0.15) is 0 Å². The first-order chi connectivity index (χ1) is 4.34. The largest absolute Gasteiger partial charge is 0.577 e. The Bertz CT molecular complexity index is 162. The molecule has 3 nitrogen and oxygen atoms in total. The molecule has 0 radical (unpaired) electrons. The van der Waals surface area contributed by atoms with E-state index in [9.17, 15) is 4.79 Å². The first-order valence-electron chi connectivity index (χ1n) is 2.60. The lowest BCUT2D eigenvalue weighted by Crippen LogP contribution is -2.14. The molecule has 1 heterocycles. The summed E-state index contributed by atoms with van der Waals surface area (Å²) in [7, 11) is 0. The number of hydrogen-bond donors (Lipinski definition) is 0. The van der Waals surface area contributed by atoms with Gasteiger partial charge in [0, 0.05) is 6.40 Å². The molecule has 1 atom stereocenters. The number of ether oxygens (including phenoxy) is 1. The smallest absolute Gasteiger partial charge is 0.128 e. The SMILES string of the molecule is C=CCC1O[C-]=NC1=O. The molecule has 1 rings (SSSR count). The van der Waals surface area contributed by atoms with Crippen LogP contribution < -0.4 is 0 Å². The summed E-state index contributed by atoms with van der Waals surface area (Å²) in [6, 6.07) is 0. The first kappa shape index (κ1) is 6.01. The maximum atomic E-state index is 10.6. The molecule has 0 fully saturated rings. The Balaban J connectivity index is 2.45. The first-order valence-corrected chi connectivity index (χ1v) is 2.60. The fraction of sp³-hybridized carbons (Fsp3) is 0.333. The molecule has 0 bridgehead atoms. The van der Waals surface area contributed by atoms with Crippen LogP contribution in [0.25, 0.3) is 0 Å². The van der Waals surface area contributed by atoms with Gasteiger partial charge in [0.25, 0.3) is 0 Å². The van der Waals surface area contributed by atoms with Crippen LogP contribution in [0.5, 0.6) is 0 Å². The van der Waals surface area contributed by atoms with Gasteiger partial charge >= 0.3 is 0 Å². The van der Waals surface area contributed by atoms with Crippen molar-refractivity contribution >= 4 is 12.3 Å². The van der Waals surface area contributed by atoms with Gasteiger partial charge in [0.1, 0.15) is 5.91 Å². The highest BCUT2D eigenvalue weighted by atomic mass is 16.5. The van der Waals surface area contributed by atoms with E-state index in [4.69, 9.17) is 0 Å². The molecule has 1 aliphatic rings. The maximum absolute atomic E-state index is 10.6. The third-order valence-corrected chi connectivity index (χ3v) is 1.01. The molecule has 9 heavy (non-hydrogen) atoms. The molecule has 0 aromatic rings. The molecule has 1 amide bonds. The van der Waals surface area contributed by atoms with E-state index in [0.29, 0.717) is 6.42 Å². The molecule has 48 valence electrons. The van der Waals surface area contributed by atoms with E-state index in [-0.39, 0.29) is 5.91 Å². The van der Waals surface area contributed by atoms with Crippen LogP contribution in [-0.4, -0.2) is 18.4 Å². The summed E-state index contributed by atoms with van der Waals surface area (Å²) < 4.78 is 4.67. The minimum absolute atomic E-state index is 0.269. The van der Waals surface area contributed by atoms with Crippen LogP contribution in [0.4, 0.5) is 0 Å². The van der Waals surface area contributed by atoms with Crippen molar-refractivity contribution in [3.63, 3.8) is 0 Å². The highest BCUT2D eigenvalue weighted by Crippen LogP contribution is 2.05. The predicted octanol–water partition coefficient (Wildman–Crippen LogP) is 0.393. The second kappa shape index (κ2) is 2.44. The van der Waals surface area contributed by atoms with Gasteiger partial charge in [-0.05, 0) is 6.42 Å². The van der Waals surface area contributed by atoms with Crippen molar-refractivity contribution in [1.82, 2.24) is 0 Å². The summed E-state index contributed by atoms with van der Waals surface area (Å²) in [4.78, 5) is 13.8. The van der Waals surface area contributed by atoms with Gasteiger partial charge in [0.15, 0.2) is 0 Å². The molecule has 1 aliphatic heterocycles. The van der Waals surface area contributed by atoms with Crippen LogP contribution in [0.1, 0.15) is 6.42 Å². The fourth-order valence-corrected chi connectivity index (χ4v) is 0.558. The van der Waals surface area contributed by atoms with Crippen molar-refractivity contribution in [2.24, 2.45) is 4.99 Å². The fourth-order valence-electron chi connectivity index (χ4n) is 0.558. The molecule has 1 unspecified atom stereocenters. The second-order valence-corrected chi connectivity index (χ2v) is 1.67. The van der Waals surface area contributed by atoms with E-state index in [0.717, 1.165) is 0 Å². The monoisotopic (exact) mass is 124 g/mol. The van der Waals surface area contributed by atoms with Crippen LogP contribution >= 0.6 is 0 Å². The summed E-state index contributed by atoms with van der Waals surface area (Å²) in [5.41, 5.74) is 0. The highest BCUT2D eigenvalue weighted by Gasteiger charge is 2.09. The number of nitrogens with zero attached hydrogens (tertiary/aromatic N) is 1. The number of carbonyl (C=O) groups is 1. The Morgan fingerprint density at radius 2 is 2.78 bits per heavy atom. The molecule has 0 N–H and O–H groups in total. The van der Waals surface area contributed by atoms with Gasteiger partial charge < -0.3 is 14.5 Å². The van der Waals surface area contributed by atoms with Crippen molar-refractivity contribution in [3.8, 4) is 0 Å². The van der Waals surface area contributed by atoms with E-state index in [1.54, 1.807) is 6.08 Å². The van der Waals surface area contributed by atoms with E-state index < -0.39 is 6.10 Å². The summed E-state index contributed by atoms with van der Waals surface area (Å²) in [5.74, 6) is -0.269. The minimum atomic E-state index is -0.456. The lowest BCUT2D eigenvalue weighted by atomic mass is 10.2. The molecule has 0 spiro atoms. The molecule has 0 saturated carbocycles. The summed E-state index contributed by atoms with van der Waals surface area (Å²) in [6.07, 6.45) is 3.80. The normalized spacial score (nSPS) is 24.0. The molecular formula is C6H6NO2-. The zero-order chi connectivity index (χ0) is 6.69. The zero-order valence-corrected chi connectivity index (χ0v) is 4.83. The van der Waals surface area contributed by atoms with E-state index in [1.165, 1.54) is 0 Å². The average Bonchev–Trinajstić information content (AvgIpc) is 2.18. The van der Waals surface area contributed by atoms with Crippen LogP contribution in [-0.2, 0) is 9.53 Å². The molecular weight excluding hydrogens is 118 g/mol. The third-order valence-electron chi connectivity index (χ3n) is 1.01. The van der Waals surface area contributed by atoms with E-state index >= 15 is 0 Å². The van der Waals surface area contributed by atoms with Crippen molar-refractivity contribution in [2.75, 3.05) is 0 Å². The van der Waals surface area contributed by atoms with Gasteiger partial charge in [0.2, 0.25) is 0 Å². The number of aliphatic imine (C=N–C) groups is 1. The van der Waals surface area contributed by atoms with Crippen LogP contribution in [0, 0.1) is 0 Å². The van der Waals surface area contributed by atoms with Gasteiger partial charge in [-0.1, -0.05) is 6.08 Å². The number of rotatable bonds is 2. The van der Waals surface area contributed by atoms with Crippen molar-refractivity contribution < 1.29 is 9.53 Å². The number of carbonyl (C=O) groups excluding carboxylic acids is 1. The Morgan fingerprint density at radius 3 is 3.22 bits per heavy atom. The minimum Gasteiger partial charge on any atom is -0.577 e. The summed E-state index contributed by atoms with van der Waals surface area (Å²) in [6.45, 7) is 3.46. The molecule has 0 aliphatic carbocycles. The zero-order valence-electron chi connectivity index (χ0n) is 4.83. The third kappa shape index (κ3) is 1.16. The van der Waals surface area contributed by atoms with E-state index in [1.807, 2.05) is 0 Å². The number of amides is 1. The second-order valence-electron chi connectivity index (χ2n) is 1.67. The molecule has 3 heteroatoms. The molecule has 0 saturated heterocycles. The van der Waals surface area contributed by atoms with Gasteiger partial charge in [-0.25, -0.2) is 0 Å². The Morgan fingerprint density at radius 1 is 2.00 bits per heavy atom. The topological polar surface area (TPSA) is 38.7 Å². The van der Waals surface area contributed by atoms with Crippen LogP contribution in [0.2, 0.25) is 0 Å². The quantitative estimate of drug-likeness (QED) is 0.394. The van der Waals surface area contributed by atoms with Crippen LogP contribution in [0.3, 0.4) is 0 Å². The predicted molar refractivity (Wildman–Crippen MR) is 32.1 cm³/mol. The van der Waals surface area contributed by atoms with Crippen molar-refractivity contribution in [3.05, 3.63) is 12.7 Å². The van der Waals surface area contributed by atoms with Gasteiger partial charge in [-0.3, -0.25) is 0 Å². The molecule has 0 aromatic carbocycles.